The molecule has 2 aromatic rings. The van der Waals surface area contributed by atoms with Crippen LogP contribution in [0.3, 0.4) is 0 Å². The van der Waals surface area contributed by atoms with Crippen LogP contribution in [-0.4, -0.2) is 73.3 Å². The van der Waals surface area contributed by atoms with Crippen molar-refractivity contribution in [3.05, 3.63) is 29.9 Å². The van der Waals surface area contributed by atoms with Crippen LogP contribution in [0.1, 0.15) is 22.1 Å². The minimum atomic E-state index is -0.0496. The second-order valence-corrected chi connectivity index (χ2v) is 5.76. The summed E-state index contributed by atoms with van der Waals surface area (Å²) in [6.45, 7) is 6.03. The van der Waals surface area contributed by atoms with Gasteiger partial charge in [0.2, 0.25) is 0 Å². The Morgan fingerprint density at radius 1 is 1.22 bits per heavy atom. The molecule has 0 radical (unpaired) electrons. The van der Waals surface area contributed by atoms with E-state index in [2.05, 4.69) is 29.6 Å². The summed E-state index contributed by atoms with van der Waals surface area (Å²) in [4.78, 5) is 23.2. The first kappa shape index (κ1) is 14.3. The van der Waals surface area contributed by atoms with Crippen LogP contribution in [0.5, 0.6) is 0 Å². The summed E-state index contributed by atoms with van der Waals surface area (Å²) < 4.78 is 7.50. The van der Waals surface area contributed by atoms with Gasteiger partial charge in [0.15, 0.2) is 5.82 Å². The molecule has 4 heterocycles. The number of aromatic amines is 1. The highest BCUT2D eigenvalue weighted by atomic mass is 16.5. The van der Waals surface area contributed by atoms with E-state index >= 15 is 0 Å². The molecule has 9 nitrogen and oxygen atoms in total. The molecule has 122 valence electrons. The molecule has 9 heteroatoms. The van der Waals surface area contributed by atoms with Crippen LogP contribution in [0.4, 0.5) is 0 Å². The van der Waals surface area contributed by atoms with Gasteiger partial charge in [0.05, 0.1) is 38.8 Å². The molecule has 4 rings (SSSR count). The van der Waals surface area contributed by atoms with Gasteiger partial charge in [-0.25, -0.2) is 4.98 Å². The van der Waals surface area contributed by atoms with E-state index in [4.69, 9.17) is 4.74 Å². The molecule has 1 fully saturated rings. The fourth-order valence-corrected chi connectivity index (χ4v) is 3.01. The summed E-state index contributed by atoms with van der Waals surface area (Å²) in [6.07, 6.45) is 3.06. The van der Waals surface area contributed by atoms with E-state index in [1.807, 2.05) is 0 Å². The zero-order valence-corrected chi connectivity index (χ0v) is 12.8. The quantitative estimate of drug-likeness (QED) is 0.820. The Morgan fingerprint density at radius 3 is 2.87 bits per heavy atom. The number of ether oxygens (including phenoxy) is 1. The molecule has 1 N–H and O–H groups in total. The summed E-state index contributed by atoms with van der Waals surface area (Å²) >= 11 is 0. The summed E-state index contributed by atoms with van der Waals surface area (Å²) in [6, 6.07) is 0. The van der Waals surface area contributed by atoms with Gasteiger partial charge in [-0.15, -0.1) is 10.2 Å². The van der Waals surface area contributed by atoms with Gasteiger partial charge in [0.25, 0.3) is 5.91 Å². The van der Waals surface area contributed by atoms with Crippen molar-refractivity contribution >= 4 is 5.91 Å². The Kier molecular flexibility index (Phi) is 3.80. The average Bonchev–Trinajstić information content (AvgIpc) is 3.25. The predicted molar refractivity (Wildman–Crippen MR) is 79.4 cm³/mol. The molecule has 0 bridgehead atoms. The molecule has 0 aliphatic carbocycles. The molecule has 2 aliphatic rings. The van der Waals surface area contributed by atoms with Crippen molar-refractivity contribution in [1.82, 2.24) is 34.5 Å². The van der Waals surface area contributed by atoms with Gasteiger partial charge in [-0.3, -0.25) is 9.69 Å². The second kappa shape index (κ2) is 6.09. The lowest BCUT2D eigenvalue weighted by Crippen LogP contribution is -2.40. The number of amides is 1. The SMILES string of the molecule is O=C(c1cnc[nH]1)N1CCn2c(CN3CCOCC3)nnc2C1. The highest BCUT2D eigenvalue weighted by Crippen LogP contribution is 2.16. The second-order valence-electron chi connectivity index (χ2n) is 5.76. The zero-order chi connectivity index (χ0) is 15.6. The van der Waals surface area contributed by atoms with Gasteiger partial charge in [-0.1, -0.05) is 0 Å². The highest BCUT2D eigenvalue weighted by molar-refractivity contribution is 5.92. The van der Waals surface area contributed by atoms with E-state index in [0.29, 0.717) is 18.8 Å². The summed E-state index contributed by atoms with van der Waals surface area (Å²) in [5.74, 6) is 1.76. The Morgan fingerprint density at radius 2 is 2.09 bits per heavy atom. The topological polar surface area (TPSA) is 92.2 Å². The largest absolute Gasteiger partial charge is 0.379 e. The van der Waals surface area contributed by atoms with Crippen molar-refractivity contribution in [2.24, 2.45) is 0 Å². The molecule has 2 aliphatic heterocycles. The molecule has 2 aromatic heterocycles. The molecular formula is C14H19N7O2. The number of nitrogens with one attached hydrogen (secondary N) is 1. The lowest BCUT2D eigenvalue weighted by Gasteiger charge is -2.29. The molecule has 0 aromatic carbocycles. The van der Waals surface area contributed by atoms with E-state index < -0.39 is 0 Å². The molecule has 1 amide bonds. The minimum absolute atomic E-state index is 0.0496. The van der Waals surface area contributed by atoms with Gasteiger partial charge < -0.3 is 19.2 Å². The Hall–Kier alpha value is -2.26. The van der Waals surface area contributed by atoms with E-state index in [1.54, 1.807) is 11.1 Å². The fraction of sp³-hybridized carbons (Fsp3) is 0.571. The van der Waals surface area contributed by atoms with E-state index in [0.717, 1.165) is 51.0 Å². The number of imidazole rings is 1. The first-order valence-corrected chi connectivity index (χ1v) is 7.80. The Balaban J connectivity index is 1.45. The monoisotopic (exact) mass is 317 g/mol. The van der Waals surface area contributed by atoms with Gasteiger partial charge in [-0.2, -0.15) is 0 Å². The van der Waals surface area contributed by atoms with Crippen molar-refractivity contribution in [3.63, 3.8) is 0 Å². The number of morpholine rings is 1. The van der Waals surface area contributed by atoms with Crippen LogP contribution in [0.2, 0.25) is 0 Å². The van der Waals surface area contributed by atoms with Crippen molar-refractivity contribution in [3.8, 4) is 0 Å². The Bertz CT molecular complexity index is 675. The van der Waals surface area contributed by atoms with E-state index in [-0.39, 0.29) is 5.91 Å². The van der Waals surface area contributed by atoms with Crippen LogP contribution in [-0.2, 0) is 24.4 Å². The number of rotatable bonds is 3. The smallest absolute Gasteiger partial charge is 0.272 e. The molecule has 1 saturated heterocycles. The van der Waals surface area contributed by atoms with Gasteiger partial charge in [0.1, 0.15) is 11.5 Å². The first-order chi connectivity index (χ1) is 11.3. The van der Waals surface area contributed by atoms with Gasteiger partial charge in [0, 0.05) is 26.2 Å². The summed E-state index contributed by atoms with van der Waals surface area (Å²) in [7, 11) is 0. The molecule has 0 unspecified atom stereocenters. The van der Waals surface area contributed by atoms with Crippen molar-refractivity contribution in [2.45, 2.75) is 19.6 Å². The zero-order valence-electron chi connectivity index (χ0n) is 12.8. The van der Waals surface area contributed by atoms with Gasteiger partial charge in [-0.05, 0) is 0 Å². The number of H-pyrrole nitrogens is 1. The summed E-state index contributed by atoms with van der Waals surface area (Å²) in [5, 5.41) is 8.59. The normalized spacial score (nSPS) is 18.9. The van der Waals surface area contributed by atoms with Crippen LogP contribution in [0, 0.1) is 0 Å². The lowest BCUT2D eigenvalue weighted by molar-refractivity contribution is 0.0322. The van der Waals surface area contributed by atoms with Crippen LogP contribution < -0.4 is 0 Å². The highest BCUT2D eigenvalue weighted by Gasteiger charge is 2.26. The molecule has 0 saturated carbocycles. The van der Waals surface area contributed by atoms with E-state index in [1.165, 1.54) is 6.33 Å². The number of fused-ring (bicyclic) bond motifs is 1. The van der Waals surface area contributed by atoms with Crippen LogP contribution in [0.15, 0.2) is 12.5 Å². The minimum Gasteiger partial charge on any atom is -0.379 e. The van der Waals surface area contributed by atoms with Crippen molar-refractivity contribution < 1.29 is 9.53 Å². The standard InChI is InChI=1S/C14H19N7O2/c22-14(11-7-15-10-16-11)20-1-2-21-12(17-18-13(21)9-20)8-19-3-5-23-6-4-19/h7,10H,1-6,8-9H2,(H,15,16). The van der Waals surface area contributed by atoms with Crippen LogP contribution in [0.25, 0.3) is 0 Å². The maximum Gasteiger partial charge on any atom is 0.272 e. The third-order valence-electron chi connectivity index (χ3n) is 4.31. The number of aromatic nitrogens is 5. The fourth-order valence-electron chi connectivity index (χ4n) is 3.01. The maximum absolute atomic E-state index is 12.4. The lowest BCUT2D eigenvalue weighted by atomic mass is 10.3. The number of hydrogen-bond acceptors (Lipinski definition) is 6. The third-order valence-corrected chi connectivity index (χ3v) is 4.31. The van der Waals surface area contributed by atoms with Gasteiger partial charge >= 0.3 is 0 Å². The Labute approximate surface area is 133 Å². The van der Waals surface area contributed by atoms with E-state index in [9.17, 15) is 4.79 Å². The molecular weight excluding hydrogens is 298 g/mol. The number of hydrogen-bond donors (Lipinski definition) is 1. The molecule has 0 spiro atoms. The number of carbonyl (C=O) groups excluding carboxylic acids is 1. The summed E-state index contributed by atoms with van der Waals surface area (Å²) in [5.41, 5.74) is 0.506. The third kappa shape index (κ3) is 2.84. The number of nitrogens with zero attached hydrogens (tertiary/aromatic N) is 6. The molecule has 23 heavy (non-hydrogen) atoms. The number of carbonyl (C=O) groups is 1. The average molecular weight is 317 g/mol. The maximum atomic E-state index is 12.4. The first-order valence-electron chi connectivity index (χ1n) is 7.80. The predicted octanol–water partition coefficient (Wildman–Crippen LogP) is -0.511. The van der Waals surface area contributed by atoms with Crippen LogP contribution >= 0.6 is 0 Å². The van der Waals surface area contributed by atoms with Crippen molar-refractivity contribution in [1.29, 1.82) is 0 Å². The van der Waals surface area contributed by atoms with Crippen molar-refractivity contribution in [2.75, 3.05) is 32.8 Å². The molecule has 0 atom stereocenters.